The van der Waals surface area contributed by atoms with E-state index in [1.807, 2.05) is 13.0 Å². The van der Waals surface area contributed by atoms with E-state index >= 15 is 0 Å². The number of hydrogen-bond acceptors (Lipinski definition) is 5. The number of carbonyl (C=O) groups excluding carboxylic acids is 1. The van der Waals surface area contributed by atoms with Crippen LogP contribution in [0.3, 0.4) is 0 Å². The molecule has 7 nitrogen and oxygen atoms in total. The second-order valence-corrected chi connectivity index (χ2v) is 8.99. The van der Waals surface area contributed by atoms with Crippen LogP contribution in [-0.2, 0) is 10.0 Å². The minimum atomic E-state index is -3.88. The molecule has 0 aliphatic rings. The highest BCUT2D eigenvalue weighted by Crippen LogP contribution is 2.24. The van der Waals surface area contributed by atoms with Crippen LogP contribution in [-0.4, -0.2) is 21.4 Å². The Hall–Kier alpha value is -3.67. The fourth-order valence-electron chi connectivity index (χ4n) is 2.91. The Bertz CT molecular complexity index is 1230. The van der Waals surface area contributed by atoms with E-state index in [0.717, 1.165) is 9.87 Å². The minimum Gasteiger partial charge on any atom is -0.324 e. The SMILES string of the molecule is C[C@@H](N)c1ccc(N(C)S(=O)(=O)c2cccc(C(=O)Nc3ccc(C#N)cc3)c2)cc1. The van der Waals surface area contributed by atoms with E-state index in [4.69, 9.17) is 11.0 Å². The molecule has 0 aliphatic carbocycles. The van der Waals surface area contributed by atoms with E-state index in [9.17, 15) is 13.2 Å². The smallest absolute Gasteiger partial charge is 0.264 e. The molecule has 1 atom stereocenters. The highest BCUT2D eigenvalue weighted by Gasteiger charge is 2.22. The van der Waals surface area contributed by atoms with Gasteiger partial charge in [0.2, 0.25) is 0 Å². The number of amides is 1. The van der Waals surface area contributed by atoms with Crippen LogP contribution in [0.4, 0.5) is 11.4 Å². The molecule has 3 aromatic carbocycles. The largest absolute Gasteiger partial charge is 0.324 e. The second kappa shape index (κ2) is 9.00. The van der Waals surface area contributed by atoms with E-state index in [1.54, 1.807) is 48.5 Å². The summed E-state index contributed by atoms with van der Waals surface area (Å²) in [6.45, 7) is 1.85. The van der Waals surface area contributed by atoms with Gasteiger partial charge in [0.1, 0.15) is 0 Å². The molecule has 3 N–H and O–H groups in total. The number of nitrogens with zero attached hydrogens (tertiary/aromatic N) is 2. The first-order chi connectivity index (χ1) is 14.7. The molecule has 0 unspecified atom stereocenters. The molecule has 0 aromatic heterocycles. The molecule has 0 aliphatic heterocycles. The molecule has 0 saturated carbocycles. The quantitative estimate of drug-likeness (QED) is 0.614. The Balaban J connectivity index is 1.83. The normalized spacial score (nSPS) is 11.9. The topological polar surface area (TPSA) is 116 Å². The average Bonchev–Trinajstić information content (AvgIpc) is 2.79. The van der Waals surface area contributed by atoms with Gasteiger partial charge < -0.3 is 11.1 Å². The maximum absolute atomic E-state index is 13.1. The van der Waals surface area contributed by atoms with Crippen molar-refractivity contribution in [1.29, 1.82) is 5.26 Å². The number of carbonyl (C=O) groups is 1. The predicted molar refractivity (Wildman–Crippen MR) is 120 cm³/mol. The van der Waals surface area contributed by atoms with Gasteiger partial charge in [0.15, 0.2) is 0 Å². The van der Waals surface area contributed by atoms with E-state index in [0.29, 0.717) is 16.9 Å². The Morgan fingerprint density at radius 2 is 1.71 bits per heavy atom. The standard InChI is InChI=1S/C23H22N4O3S/c1-16(25)18-8-12-21(13-9-18)27(2)31(29,30)22-5-3-4-19(14-22)23(28)26-20-10-6-17(15-24)7-11-20/h3-14,16H,25H2,1-2H3,(H,26,28)/t16-/m1/s1. The van der Waals surface area contributed by atoms with Gasteiger partial charge in [-0.2, -0.15) is 5.26 Å². The van der Waals surface area contributed by atoms with Crippen LogP contribution in [0.25, 0.3) is 0 Å². The Labute approximate surface area is 181 Å². The molecule has 0 bridgehead atoms. The summed E-state index contributed by atoms with van der Waals surface area (Å²) < 4.78 is 27.4. The highest BCUT2D eigenvalue weighted by molar-refractivity contribution is 7.92. The maximum Gasteiger partial charge on any atom is 0.264 e. The van der Waals surface area contributed by atoms with Gasteiger partial charge in [-0.15, -0.1) is 0 Å². The van der Waals surface area contributed by atoms with Crippen molar-refractivity contribution in [2.45, 2.75) is 17.9 Å². The number of hydrogen-bond donors (Lipinski definition) is 2. The molecule has 3 aromatic rings. The average molecular weight is 435 g/mol. The van der Waals surface area contributed by atoms with Crippen LogP contribution in [0, 0.1) is 11.3 Å². The lowest BCUT2D eigenvalue weighted by molar-refractivity contribution is 0.102. The fraction of sp³-hybridized carbons (Fsp3) is 0.130. The Morgan fingerprint density at radius 3 is 2.29 bits per heavy atom. The molecular weight excluding hydrogens is 412 g/mol. The molecule has 0 fully saturated rings. The lowest BCUT2D eigenvalue weighted by Crippen LogP contribution is -2.27. The Morgan fingerprint density at radius 1 is 1.06 bits per heavy atom. The van der Waals surface area contributed by atoms with Crippen molar-refractivity contribution in [3.63, 3.8) is 0 Å². The minimum absolute atomic E-state index is 0.00116. The van der Waals surface area contributed by atoms with Crippen LogP contribution in [0.5, 0.6) is 0 Å². The van der Waals surface area contributed by atoms with Crippen molar-refractivity contribution >= 4 is 27.3 Å². The van der Waals surface area contributed by atoms with E-state index in [-0.39, 0.29) is 16.5 Å². The van der Waals surface area contributed by atoms with Crippen molar-refractivity contribution in [2.75, 3.05) is 16.7 Å². The molecule has 0 heterocycles. The number of anilines is 2. The van der Waals surface area contributed by atoms with Gasteiger partial charge in [-0.3, -0.25) is 9.10 Å². The molecule has 0 radical (unpaired) electrons. The number of sulfonamides is 1. The first kappa shape index (κ1) is 22.0. The first-order valence-electron chi connectivity index (χ1n) is 9.48. The van der Waals surface area contributed by atoms with Crippen LogP contribution >= 0.6 is 0 Å². The van der Waals surface area contributed by atoms with Gasteiger partial charge in [-0.25, -0.2) is 8.42 Å². The van der Waals surface area contributed by atoms with Crippen LogP contribution in [0.2, 0.25) is 0 Å². The zero-order chi connectivity index (χ0) is 22.6. The summed E-state index contributed by atoms with van der Waals surface area (Å²) in [4.78, 5) is 12.6. The van der Waals surface area contributed by atoms with Gasteiger partial charge in [0.05, 0.1) is 22.2 Å². The van der Waals surface area contributed by atoms with Gasteiger partial charge in [-0.05, 0) is 67.1 Å². The van der Waals surface area contributed by atoms with Gasteiger partial charge in [-0.1, -0.05) is 18.2 Å². The highest BCUT2D eigenvalue weighted by atomic mass is 32.2. The van der Waals surface area contributed by atoms with Gasteiger partial charge in [0, 0.05) is 24.3 Å². The summed E-state index contributed by atoms with van der Waals surface area (Å²) in [7, 11) is -2.42. The Kier molecular flexibility index (Phi) is 6.39. The van der Waals surface area contributed by atoms with Crippen molar-refractivity contribution in [1.82, 2.24) is 0 Å². The first-order valence-corrected chi connectivity index (χ1v) is 10.9. The van der Waals surface area contributed by atoms with Crippen molar-refractivity contribution in [3.8, 4) is 6.07 Å². The fourth-order valence-corrected chi connectivity index (χ4v) is 4.16. The monoisotopic (exact) mass is 434 g/mol. The van der Waals surface area contributed by atoms with Gasteiger partial charge in [0.25, 0.3) is 15.9 Å². The summed E-state index contributed by atoms with van der Waals surface area (Å²) in [6, 6.07) is 21.0. The molecule has 158 valence electrons. The zero-order valence-corrected chi connectivity index (χ0v) is 17.9. The molecule has 1 amide bonds. The molecule has 0 spiro atoms. The molecular formula is C23H22N4O3S. The molecule has 3 rings (SSSR count). The third-order valence-corrected chi connectivity index (χ3v) is 6.59. The van der Waals surface area contributed by atoms with E-state index in [1.165, 1.54) is 31.3 Å². The summed E-state index contributed by atoms with van der Waals surface area (Å²) in [5.41, 5.74) is 8.41. The van der Waals surface area contributed by atoms with Crippen molar-refractivity contribution < 1.29 is 13.2 Å². The summed E-state index contributed by atoms with van der Waals surface area (Å²) >= 11 is 0. The third-order valence-electron chi connectivity index (χ3n) is 4.81. The number of nitrogens with two attached hydrogens (primary N) is 1. The lowest BCUT2D eigenvalue weighted by atomic mass is 10.1. The third kappa shape index (κ3) is 4.91. The lowest BCUT2D eigenvalue weighted by Gasteiger charge is -2.20. The van der Waals surface area contributed by atoms with Crippen LogP contribution in [0.1, 0.15) is 34.5 Å². The van der Waals surface area contributed by atoms with Crippen LogP contribution in [0.15, 0.2) is 77.7 Å². The summed E-state index contributed by atoms with van der Waals surface area (Å²) in [6.07, 6.45) is 0. The van der Waals surface area contributed by atoms with Gasteiger partial charge >= 0.3 is 0 Å². The van der Waals surface area contributed by atoms with E-state index < -0.39 is 15.9 Å². The number of nitrogens with one attached hydrogen (secondary N) is 1. The van der Waals surface area contributed by atoms with Crippen molar-refractivity contribution in [3.05, 3.63) is 89.5 Å². The predicted octanol–water partition coefficient (Wildman–Crippen LogP) is 3.66. The molecule has 8 heteroatoms. The molecule has 31 heavy (non-hydrogen) atoms. The zero-order valence-electron chi connectivity index (χ0n) is 17.1. The number of nitriles is 1. The summed E-state index contributed by atoms with van der Waals surface area (Å²) in [5, 5.41) is 11.6. The number of rotatable bonds is 6. The second-order valence-electron chi connectivity index (χ2n) is 7.02. The number of benzene rings is 3. The summed E-state index contributed by atoms with van der Waals surface area (Å²) in [5.74, 6) is -0.453. The van der Waals surface area contributed by atoms with E-state index in [2.05, 4.69) is 5.32 Å². The maximum atomic E-state index is 13.1. The van der Waals surface area contributed by atoms with Crippen molar-refractivity contribution in [2.24, 2.45) is 5.73 Å². The molecule has 0 saturated heterocycles. The van der Waals surface area contributed by atoms with Crippen LogP contribution < -0.4 is 15.4 Å².